The van der Waals surface area contributed by atoms with E-state index in [-0.39, 0.29) is 5.91 Å². The number of nitrogens with zero attached hydrogens (tertiary/aromatic N) is 4. The topological polar surface area (TPSA) is 74.6 Å². The number of piperidine rings is 1. The van der Waals surface area contributed by atoms with Crippen molar-refractivity contribution < 1.29 is 4.79 Å². The van der Waals surface area contributed by atoms with Gasteiger partial charge in [-0.25, -0.2) is 4.98 Å². The lowest BCUT2D eigenvalue weighted by Crippen LogP contribution is -2.48. The number of imidazole rings is 1. The molecule has 0 bridgehead atoms. The van der Waals surface area contributed by atoms with E-state index in [1.54, 1.807) is 0 Å². The van der Waals surface area contributed by atoms with Crippen molar-refractivity contribution in [2.45, 2.75) is 46.2 Å². The second-order valence-electron chi connectivity index (χ2n) is 8.54. The number of aliphatic imine (C=N–C) groups is 1. The van der Waals surface area contributed by atoms with E-state index in [1.165, 1.54) is 0 Å². The third kappa shape index (κ3) is 5.84. The van der Waals surface area contributed by atoms with Gasteiger partial charge in [0.15, 0.2) is 5.96 Å². The highest BCUT2D eigenvalue weighted by molar-refractivity contribution is 5.90. The predicted molar refractivity (Wildman–Crippen MR) is 121 cm³/mol. The molecule has 162 valence electrons. The van der Waals surface area contributed by atoms with Crippen LogP contribution in [0.25, 0.3) is 0 Å². The predicted octanol–water partition coefficient (Wildman–Crippen LogP) is 3.53. The van der Waals surface area contributed by atoms with Gasteiger partial charge in [0.1, 0.15) is 0 Å². The van der Waals surface area contributed by atoms with E-state index in [9.17, 15) is 4.79 Å². The van der Waals surface area contributed by atoms with Crippen molar-refractivity contribution in [2.75, 3.05) is 25.5 Å². The molecule has 2 N–H and O–H groups in total. The fraction of sp³-hybridized carbons (Fsp3) is 0.522. The minimum atomic E-state index is 0.0545. The summed E-state index contributed by atoms with van der Waals surface area (Å²) in [4.78, 5) is 23.1. The molecule has 1 aliphatic rings. The molecule has 2 aromatic rings. The summed E-state index contributed by atoms with van der Waals surface area (Å²) in [6, 6.07) is 8.37. The van der Waals surface area contributed by atoms with Crippen molar-refractivity contribution in [1.82, 2.24) is 19.8 Å². The van der Waals surface area contributed by atoms with Crippen molar-refractivity contribution >= 4 is 17.6 Å². The van der Waals surface area contributed by atoms with Gasteiger partial charge < -0.3 is 20.1 Å². The molecule has 1 fully saturated rings. The maximum atomic E-state index is 12.0. The standard InChI is InChI=1S/C23H34N6O/c1-17(2)12-22(30)27-20-7-5-6-19(13-20)14-26-23(24-4)28-10-8-18(3)21(15-28)29-11-9-25-16-29/h5-7,9,11,13,16-18,21H,8,10,12,14-15H2,1-4H3,(H,24,26)(H,27,30). The van der Waals surface area contributed by atoms with Crippen LogP contribution >= 0.6 is 0 Å². The molecule has 1 aromatic heterocycles. The summed E-state index contributed by atoms with van der Waals surface area (Å²) in [5.41, 5.74) is 1.94. The van der Waals surface area contributed by atoms with Gasteiger partial charge in [-0.15, -0.1) is 0 Å². The summed E-state index contributed by atoms with van der Waals surface area (Å²) in [5, 5.41) is 6.48. The van der Waals surface area contributed by atoms with Crippen LogP contribution in [0.3, 0.4) is 0 Å². The van der Waals surface area contributed by atoms with Crippen LogP contribution in [-0.4, -0.2) is 46.5 Å². The second-order valence-corrected chi connectivity index (χ2v) is 8.54. The van der Waals surface area contributed by atoms with Gasteiger partial charge in [-0.05, 0) is 36.0 Å². The van der Waals surface area contributed by atoms with Gasteiger partial charge in [-0.1, -0.05) is 32.9 Å². The summed E-state index contributed by atoms with van der Waals surface area (Å²) in [6.07, 6.45) is 7.42. The molecule has 1 aliphatic heterocycles. The van der Waals surface area contributed by atoms with Crippen LogP contribution in [0.2, 0.25) is 0 Å². The van der Waals surface area contributed by atoms with Gasteiger partial charge >= 0.3 is 0 Å². The summed E-state index contributed by atoms with van der Waals surface area (Å²) in [5.74, 6) is 1.90. The molecule has 3 rings (SSSR count). The molecule has 7 nitrogen and oxygen atoms in total. The molecule has 0 spiro atoms. The first-order valence-corrected chi connectivity index (χ1v) is 10.8. The zero-order valence-corrected chi connectivity index (χ0v) is 18.5. The van der Waals surface area contributed by atoms with Crippen molar-refractivity contribution in [3.05, 3.63) is 48.5 Å². The first kappa shape index (κ1) is 21.9. The van der Waals surface area contributed by atoms with Crippen molar-refractivity contribution in [1.29, 1.82) is 0 Å². The monoisotopic (exact) mass is 410 g/mol. The Hall–Kier alpha value is -2.83. The number of guanidine groups is 1. The minimum absolute atomic E-state index is 0.0545. The number of likely N-dealkylation sites (tertiary alicyclic amines) is 1. The maximum Gasteiger partial charge on any atom is 0.224 e. The molecule has 0 radical (unpaired) electrons. The van der Waals surface area contributed by atoms with Gasteiger partial charge in [0, 0.05) is 51.2 Å². The number of hydrogen-bond acceptors (Lipinski definition) is 3. The fourth-order valence-electron chi connectivity index (χ4n) is 3.95. The number of rotatable bonds is 6. The first-order valence-electron chi connectivity index (χ1n) is 10.8. The molecule has 0 aliphatic carbocycles. The number of carbonyl (C=O) groups excluding carboxylic acids is 1. The Morgan fingerprint density at radius 1 is 1.37 bits per heavy atom. The zero-order chi connectivity index (χ0) is 21.5. The molecule has 2 unspecified atom stereocenters. The molecule has 2 atom stereocenters. The normalized spacial score (nSPS) is 19.8. The van der Waals surface area contributed by atoms with Gasteiger partial charge in [-0.2, -0.15) is 0 Å². The molecular weight excluding hydrogens is 376 g/mol. The smallest absolute Gasteiger partial charge is 0.224 e. The summed E-state index contributed by atoms with van der Waals surface area (Å²) in [6.45, 7) is 8.94. The molecule has 1 aromatic carbocycles. The molecule has 2 heterocycles. The number of hydrogen-bond donors (Lipinski definition) is 2. The molecular formula is C23H34N6O. The number of anilines is 1. The summed E-state index contributed by atoms with van der Waals surface area (Å²) in [7, 11) is 1.83. The van der Waals surface area contributed by atoms with Crippen molar-refractivity contribution in [3.8, 4) is 0 Å². The van der Waals surface area contributed by atoms with E-state index < -0.39 is 0 Å². The molecule has 1 saturated heterocycles. The minimum Gasteiger partial charge on any atom is -0.352 e. The molecule has 7 heteroatoms. The highest BCUT2D eigenvalue weighted by Gasteiger charge is 2.28. The number of benzene rings is 1. The van der Waals surface area contributed by atoms with Crippen LogP contribution in [0.1, 0.15) is 45.2 Å². The van der Waals surface area contributed by atoms with Gasteiger partial charge in [0.2, 0.25) is 5.91 Å². The van der Waals surface area contributed by atoms with E-state index in [1.807, 2.05) is 57.8 Å². The van der Waals surface area contributed by atoms with Crippen LogP contribution in [0.5, 0.6) is 0 Å². The summed E-state index contributed by atoms with van der Waals surface area (Å²) >= 11 is 0. The Bertz CT molecular complexity index is 845. The van der Waals surface area contributed by atoms with Crippen LogP contribution in [-0.2, 0) is 11.3 Å². The van der Waals surface area contributed by atoms with E-state index in [2.05, 4.69) is 43.1 Å². The number of nitrogens with one attached hydrogen (secondary N) is 2. The Kier molecular flexibility index (Phi) is 7.49. The SMILES string of the molecule is CN=C(NCc1cccc(NC(=O)CC(C)C)c1)N1CCC(C)C(n2ccnc2)C1. The highest BCUT2D eigenvalue weighted by Crippen LogP contribution is 2.27. The lowest BCUT2D eigenvalue weighted by Gasteiger charge is -2.39. The number of carbonyl (C=O) groups is 1. The van der Waals surface area contributed by atoms with Crippen LogP contribution in [0.15, 0.2) is 48.0 Å². The van der Waals surface area contributed by atoms with Gasteiger partial charge in [0.25, 0.3) is 0 Å². The Labute approximate surface area is 179 Å². The van der Waals surface area contributed by atoms with Crippen LogP contribution in [0, 0.1) is 11.8 Å². The lowest BCUT2D eigenvalue weighted by molar-refractivity contribution is -0.116. The molecule has 0 saturated carbocycles. The van der Waals surface area contributed by atoms with E-state index in [0.29, 0.717) is 30.8 Å². The quantitative estimate of drug-likeness (QED) is 0.564. The van der Waals surface area contributed by atoms with E-state index in [4.69, 9.17) is 0 Å². The fourth-order valence-corrected chi connectivity index (χ4v) is 3.95. The second kappa shape index (κ2) is 10.3. The molecule has 1 amide bonds. The van der Waals surface area contributed by atoms with Gasteiger partial charge in [-0.3, -0.25) is 9.79 Å². The Balaban J connectivity index is 1.59. The van der Waals surface area contributed by atoms with E-state index >= 15 is 0 Å². The number of amides is 1. The Morgan fingerprint density at radius 2 is 2.20 bits per heavy atom. The third-order valence-corrected chi connectivity index (χ3v) is 5.59. The van der Waals surface area contributed by atoms with Gasteiger partial charge in [0.05, 0.1) is 12.4 Å². The largest absolute Gasteiger partial charge is 0.352 e. The lowest BCUT2D eigenvalue weighted by atomic mass is 9.93. The van der Waals surface area contributed by atoms with Crippen molar-refractivity contribution in [2.24, 2.45) is 16.8 Å². The average molecular weight is 411 g/mol. The summed E-state index contributed by atoms with van der Waals surface area (Å²) < 4.78 is 2.20. The molecule has 30 heavy (non-hydrogen) atoms. The highest BCUT2D eigenvalue weighted by atomic mass is 16.1. The van der Waals surface area contributed by atoms with E-state index in [0.717, 1.165) is 36.7 Å². The van der Waals surface area contributed by atoms with Crippen LogP contribution in [0.4, 0.5) is 5.69 Å². The Morgan fingerprint density at radius 3 is 2.90 bits per heavy atom. The third-order valence-electron chi connectivity index (χ3n) is 5.59. The average Bonchev–Trinajstić information content (AvgIpc) is 3.23. The number of aromatic nitrogens is 2. The zero-order valence-electron chi connectivity index (χ0n) is 18.5. The van der Waals surface area contributed by atoms with Crippen LogP contribution < -0.4 is 10.6 Å². The maximum absolute atomic E-state index is 12.0. The van der Waals surface area contributed by atoms with Crippen molar-refractivity contribution in [3.63, 3.8) is 0 Å². The first-order chi connectivity index (χ1) is 14.5.